The fourth-order valence-corrected chi connectivity index (χ4v) is 5.30. The van der Waals surface area contributed by atoms with Gasteiger partial charge in [0.1, 0.15) is 0 Å². The van der Waals surface area contributed by atoms with E-state index in [2.05, 4.69) is 20.2 Å². The van der Waals surface area contributed by atoms with E-state index in [1.807, 2.05) is 36.4 Å². The van der Waals surface area contributed by atoms with Crippen molar-refractivity contribution < 1.29 is 14.6 Å². The van der Waals surface area contributed by atoms with Crippen LogP contribution in [-0.2, 0) is 11.3 Å². The van der Waals surface area contributed by atoms with E-state index in [1.165, 1.54) is 0 Å². The molecular weight excluding hydrogens is 412 g/mol. The van der Waals surface area contributed by atoms with Gasteiger partial charge in [0, 0.05) is 24.4 Å². The number of carbonyl (C=O) groups is 1. The maximum atomic E-state index is 13.0. The number of aromatic hydroxyl groups is 1. The number of hydrogen-bond acceptors (Lipinski definition) is 6. The summed E-state index contributed by atoms with van der Waals surface area (Å²) < 4.78 is 5.25. The van der Waals surface area contributed by atoms with Crippen LogP contribution in [-0.4, -0.2) is 56.9 Å². The van der Waals surface area contributed by atoms with Gasteiger partial charge >= 0.3 is 0 Å². The lowest BCUT2D eigenvalue weighted by molar-refractivity contribution is -0.125. The molecule has 1 aliphatic heterocycles. The number of phenolic OH excluding ortho intramolecular Hbond substituents is 1. The summed E-state index contributed by atoms with van der Waals surface area (Å²) in [5.41, 5.74) is 2.99. The first-order valence-corrected chi connectivity index (χ1v) is 11.5. The quantitative estimate of drug-likeness (QED) is 0.524. The number of carbonyl (C=O) groups excluding carboxylic acids is 1. The smallest absolute Gasteiger partial charge is 0.237 e. The number of amides is 1. The fraction of sp³-hybridized carbons (Fsp3) is 0.391. The zero-order chi connectivity index (χ0) is 21.4. The van der Waals surface area contributed by atoms with Gasteiger partial charge in [-0.15, -0.1) is 0 Å². The van der Waals surface area contributed by atoms with Crippen LogP contribution in [0.5, 0.6) is 11.5 Å². The Hall–Kier alpha value is -2.71. The summed E-state index contributed by atoms with van der Waals surface area (Å²) in [5.74, 6) is 0.679. The number of likely N-dealkylation sites (tertiary alicyclic amines) is 1. The van der Waals surface area contributed by atoms with Crippen LogP contribution in [0.2, 0.25) is 0 Å². The molecule has 7 nitrogen and oxygen atoms in total. The maximum Gasteiger partial charge on any atom is 0.237 e. The molecule has 162 valence electrons. The van der Waals surface area contributed by atoms with E-state index in [-0.39, 0.29) is 22.9 Å². The minimum Gasteiger partial charge on any atom is -0.504 e. The van der Waals surface area contributed by atoms with Crippen LogP contribution in [0.3, 0.4) is 0 Å². The number of aromatic amines is 1. The van der Waals surface area contributed by atoms with Crippen molar-refractivity contribution in [2.24, 2.45) is 0 Å². The van der Waals surface area contributed by atoms with Crippen molar-refractivity contribution in [2.75, 3.05) is 13.7 Å². The van der Waals surface area contributed by atoms with Gasteiger partial charge in [0.2, 0.25) is 5.91 Å². The van der Waals surface area contributed by atoms with Gasteiger partial charge in [-0.05, 0) is 49.1 Å². The lowest BCUT2D eigenvalue weighted by Crippen LogP contribution is -2.43. The number of H-pyrrole nitrogens is 1. The predicted molar refractivity (Wildman–Crippen MR) is 120 cm³/mol. The first-order valence-electron chi connectivity index (χ1n) is 10.6. The highest BCUT2D eigenvalue weighted by Gasteiger charge is 2.39. The predicted octanol–water partition coefficient (Wildman–Crippen LogP) is 3.29. The third-order valence-electron chi connectivity index (χ3n) is 5.87. The SMILES string of the molecule is COc1cc(CN2C[C@H](Sc3nc4ccccc4[nH]3)C[C@H]2C(=O)NC2CC2)ccc1O. The Morgan fingerprint density at radius 3 is 2.94 bits per heavy atom. The molecule has 2 aliphatic rings. The monoisotopic (exact) mass is 438 g/mol. The Bertz CT molecular complexity index is 1060. The number of rotatable bonds is 7. The average molecular weight is 439 g/mol. The Morgan fingerprint density at radius 1 is 1.32 bits per heavy atom. The molecule has 2 aromatic carbocycles. The normalized spacial score (nSPS) is 21.5. The molecule has 0 unspecified atom stereocenters. The van der Waals surface area contributed by atoms with Crippen LogP contribution >= 0.6 is 11.8 Å². The summed E-state index contributed by atoms with van der Waals surface area (Å²) in [7, 11) is 1.54. The molecule has 5 rings (SSSR count). The highest BCUT2D eigenvalue weighted by molar-refractivity contribution is 7.99. The van der Waals surface area contributed by atoms with E-state index in [4.69, 9.17) is 4.74 Å². The van der Waals surface area contributed by atoms with Gasteiger partial charge < -0.3 is 20.1 Å². The molecule has 1 aliphatic carbocycles. The molecular formula is C23H26N4O3S. The topological polar surface area (TPSA) is 90.5 Å². The summed E-state index contributed by atoms with van der Waals surface area (Å²) in [4.78, 5) is 23.3. The molecule has 2 atom stereocenters. The summed E-state index contributed by atoms with van der Waals surface area (Å²) in [5, 5.41) is 14.2. The van der Waals surface area contributed by atoms with Crippen molar-refractivity contribution in [3.63, 3.8) is 0 Å². The van der Waals surface area contributed by atoms with Crippen LogP contribution in [0, 0.1) is 0 Å². The molecule has 0 spiro atoms. The number of phenols is 1. The third-order valence-corrected chi connectivity index (χ3v) is 6.96. The van der Waals surface area contributed by atoms with E-state index >= 15 is 0 Å². The van der Waals surface area contributed by atoms with Crippen molar-refractivity contribution in [2.45, 2.75) is 48.3 Å². The standard InChI is InChI=1S/C23H26N4O3S/c1-30-21-10-14(6-9-20(21)28)12-27-13-16(11-19(27)22(29)24-15-7-8-15)31-23-25-17-4-2-3-5-18(17)26-23/h2-6,9-10,15-16,19,28H,7-8,11-13H2,1H3,(H,24,29)(H,25,26)/t16-,19+/m1/s1. The molecule has 8 heteroatoms. The van der Waals surface area contributed by atoms with E-state index in [1.54, 1.807) is 24.9 Å². The van der Waals surface area contributed by atoms with Gasteiger partial charge in [-0.2, -0.15) is 0 Å². The lowest BCUT2D eigenvalue weighted by atomic mass is 10.1. The van der Waals surface area contributed by atoms with Gasteiger partial charge in [-0.3, -0.25) is 9.69 Å². The van der Waals surface area contributed by atoms with Gasteiger partial charge in [0.05, 0.1) is 24.2 Å². The number of thioether (sulfide) groups is 1. The Morgan fingerprint density at radius 2 is 2.16 bits per heavy atom. The summed E-state index contributed by atoms with van der Waals surface area (Å²) in [6, 6.07) is 13.5. The molecule has 3 N–H and O–H groups in total. The molecule has 2 heterocycles. The van der Waals surface area contributed by atoms with Gasteiger partial charge in [-0.1, -0.05) is 30.0 Å². The summed E-state index contributed by atoms with van der Waals surface area (Å²) in [6.07, 6.45) is 2.92. The largest absolute Gasteiger partial charge is 0.504 e. The van der Waals surface area contributed by atoms with Gasteiger partial charge in [0.25, 0.3) is 0 Å². The zero-order valence-electron chi connectivity index (χ0n) is 17.4. The van der Waals surface area contributed by atoms with Crippen LogP contribution in [0.1, 0.15) is 24.8 Å². The van der Waals surface area contributed by atoms with Crippen molar-refractivity contribution >= 4 is 28.7 Å². The number of benzene rings is 2. The molecule has 1 saturated heterocycles. The molecule has 3 aromatic rings. The second-order valence-electron chi connectivity index (χ2n) is 8.27. The number of methoxy groups -OCH3 is 1. The average Bonchev–Trinajstić information content (AvgIpc) is 3.34. The van der Waals surface area contributed by atoms with Gasteiger partial charge in [0.15, 0.2) is 16.7 Å². The first kappa shape index (κ1) is 20.2. The highest BCUT2D eigenvalue weighted by atomic mass is 32.2. The van der Waals surface area contributed by atoms with E-state index in [0.717, 1.165) is 47.6 Å². The van der Waals surface area contributed by atoms with Crippen molar-refractivity contribution in [3.05, 3.63) is 48.0 Å². The van der Waals surface area contributed by atoms with Crippen LogP contribution in [0.25, 0.3) is 11.0 Å². The Labute approximate surface area is 185 Å². The van der Waals surface area contributed by atoms with Crippen LogP contribution in [0.4, 0.5) is 0 Å². The minimum absolute atomic E-state index is 0.112. The lowest BCUT2D eigenvalue weighted by Gasteiger charge is -2.24. The molecule has 31 heavy (non-hydrogen) atoms. The number of nitrogens with zero attached hydrogens (tertiary/aromatic N) is 2. The zero-order valence-corrected chi connectivity index (χ0v) is 18.2. The molecule has 1 amide bonds. The number of hydrogen-bond donors (Lipinski definition) is 3. The van der Waals surface area contributed by atoms with Gasteiger partial charge in [-0.25, -0.2) is 4.98 Å². The van der Waals surface area contributed by atoms with E-state index in [9.17, 15) is 9.90 Å². The van der Waals surface area contributed by atoms with Crippen molar-refractivity contribution in [3.8, 4) is 11.5 Å². The molecule has 0 radical (unpaired) electrons. The highest BCUT2D eigenvalue weighted by Crippen LogP contribution is 2.35. The minimum atomic E-state index is -0.178. The number of ether oxygens (including phenoxy) is 1. The second-order valence-corrected chi connectivity index (χ2v) is 9.56. The second kappa shape index (κ2) is 8.43. The van der Waals surface area contributed by atoms with Crippen molar-refractivity contribution in [1.82, 2.24) is 20.2 Å². The van der Waals surface area contributed by atoms with Crippen LogP contribution < -0.4 is 10.1 Å². The number of imidazole rings is 1. The molecule has 2 fully saturated rings. The molecule has 0 bridgehead atoms. The third kappa shape index (κ3) is 4.50. The number of aromatic nitrogens is 2. The summed E-state index contributed by atoms with van der Waals surface area (Å²) in [6.45, 7) is 1.41. The molecule has 1 aromatic heterocycles. The summed E-state index contributed by atoms with van der Waals surface area (Å²) >= 11 is 1.70. The van der Waals surface area contributed by atoms with E-state index < -0.39 is 0 Å². The Kier molecular flexibility index (Phi) is 5.50. The fourth-order valence-electron chi connectivity index (χ4n) is 4.12. The number of nitrogens with one attached hydrogen (secondary N) is 2. The number of para-hydroxylation sites is 2. The number of fused-ring (bicyclic) bond motifs is 1. The Balaban J connectivity index is 1.33. The first-order chi connectivity index (χ1) is 15.1. The van der Waals surface area contributed by atoms with Crippen molar-refractivity contribution in [1.29, 1.82) is 0 Å². The van der Waals surface area contributed by atoms with Crippen LogP contribution in [0.15, 0.2) is 47.6 Å². The molecule has 1 saturated carbocycles. The maximum absolute atomic E-state index is 13.0. The van der Waals surface area contributed by atoms with E-state index in [0.29, 0.717) is 18.3 Å².